The van der Waals surface area contributed by atoms with E-state index in [0.29, 0.717) is 51.9 Å². The Kier molecular flexibility index (Phi) is 7.93. The topological polar surface area (TPSA) is 158 Å². The van der Waals surface area contributed by atoms with Crippen molar-refractivity contribution in [3.8, 4) is 34.8 Å². The monoisotopic (exact) mass is 653 g/mol. The Morgan fingerprint density at radius 1 is 1.15 bits per heavy atom. The number of fused-ring (bicyclic) bond motifs is 9. The van der Waals surface area contributed by atoms with Crippen LogP contribution in [0.4, 0.5) is 0 Å². The fourth-order valence-corrected chi connectivity index (χ4v) is 9.22. The van der Waals surface area contributed by atoms with Crippen molar-refractivity contribution >= 4 is 23.7 Å². The Balaban J connectivity index is 1.53. The molecule has 2 saturated heterocycles. The van der Waals surface area contributed by atoms with E-state index in [0.717, 1.165) is 16.7 Å². The van der Waals surface area contributed by atoms with Crippen LogP contribution in [-0.4, -0.2) is 86.3 Å². The van der Waals surface area contributed by atoms with Gasteiger partial charge in [-0.2, -0.15) is 5.26 Å². The predicted octanol–water partition coefficient (Wildman–Crippen LogP) is 2.53. The third-order valence-corrected chi connectivity index (χ3v) is 10.8. The van der Waals surface area contributed by atoms with E-state index in [1.807, 2.05) is 13.8 Å². The number of hydrogen-bond donors (Lipinski definition) is 2. The second-order valence-corrected chi connectivity index (χ2v) is 13.2. The molecule has 0 radical (unpaired) electrons. The SMILES string of the molecule is COCOc1c(OC)c(C)cc2c1[C@H]1N[C@@H](C2)[C@H](C#N)N2C1[C@@H]1SC[C@@H](O)C(=O)OC[C@H]2c2c3c(c(C)c(OC(C)=O)c21)OCO3. The summed E-state index contributed by atoms with van der Waals surface area (Å²) in [5.74, 6) is 1.09. The first-order valence-electron chi connectivity index (χ1n) is 15.1. The first kappa shape index (κ1) is 30.9. The Morgan fingerprint density at radius 3 is 2.65 bits per heavy atom. The number of carbonyl (C=O) groups excluding carboxylic acids is 2. The summed E-state index contributed by atoms with van der Waals surface area (Å²) in [5.41, 5.74) is 4.70. The van der Waals surface area contributed by atoms with Crippen LogP contribution in [0, 0.1) is 25.2 Å². The van der Waals surface area contributed by atoms with Crippen LogP contribution >= 0.6 is 11.8 Å². The number of methoxy groups -OCH3 is 2. The lowest BCUT2D eigenvalue weighted by Crippen LogP contribution is -2.69. The lowest BCUT2D eigenvalue weighted by atomic mass is 9.72. The van der Waals surface area contributed by atoms with Crippen LogP contribution < -0.4 is 29.0 Å². The molecule has 1 unspecified atom stereocenters. The fourth-order valence-electron chi connectivity index (χ4n) is 7.80. The van der Waals surface area contributed by atoms with Gasteiger partial charge in [-0.15, -0.1) is 11.8 Å². The Bertz CT molecular complexity index is 1660. The van der Waals surface area contributed by atoms with Crippen LogP contribution in [0.1, 0.15) is 57.6 Å². The minimum atomic E-state index is -1.38. The Hall–Kier alpha value is -3.74. The van der Waals surface area contributed by atoms with E-state index in [2.05, 4.69) is 22.4 Å². The maximum atomic E-state index is 12.9. The third kappa shape index (κ3) is 4.59. The van der Waals surface area contributed by atoms with Gasteiger partial charge in [0.2, 0.25) is 6.79 Å². The summed E-state index contributed by atoms with van der Waals surface area (Å²) in [7, 11) is 3.14. The van der Waals surface area contributed by atoms with Crippen LogP contribution in [0.25, 0.3) is 0 Å². The number of aliphatic hydroxyl groups is 1. The number of esters is 2. The molecule has 0 aromatic heterocycles. The van der Waals surface area contributed by atoms with Gasteiger partial charge in [-0.25, -0.2) is 4.79 Å². The second kappa shape index (κ2) is 11.8. The van der Waals surface area contributed by atoms with Crippen molar-refractivity contribution in [1.82, 2.24) is 10.2 Å². The van der Waals surface area contributed by atoms with Gasteiger partial charge in [0.15, 0.2) is 35.9 Å². The van der Waals surface area contributed by atoms with Gasteiger partial charge in [0, 0.05) is 54.1 Å². The number of nitrogens with zero attached hydrogens (tertiary/aromatic N) is 2. The molecule has 5 heterocycles. The molecule has 2 aromatic carbocycles. The van der Waals surface area contributed by atoms with Gasteiger partial charge in [-0.1, -0.05) is 6.07 Å². The minimum absolute atomic E-state index is 0.00454. The molecular formula is C32H35N3O10S. The van der Waals surface area contributed by atoms with Gasteiger partial charge >= 0.3 is 11.9 Å². The zero-order valence-corrected chi connectivity index (χ0v) is 26.9. The zero-order chi connectivity index (χ0) is 32.4. The van der Waals surface area contributed by atoms with E-state index in [1.165, 1.54) is 18.7 Å². The van der Waals surface area contributed by atoms with E-state index >= 15 is 0 Å². The van der Waals surface area contributed by atoms with Crippen LogP contribution in [-0.2, 0) is 25.5 Å². The Morgan fingerprint density at radius 2 is 1.93 bits per heavy atom. The number of carbonyl (C=O) groups is 2. The molecule has 2 N–H and O–H groups in total. The molecule has 244 valence electrons. The molecule has 5 aliphatic heterocycles. The number of piperazine rings is 1. The van der Waals surface area contributed by atoms with Gasteiger partial charge in [0.05, 0.1) is 30.5 Å². The maximum Gasteiger partial charge on any atom is 0.335 e. The summed E-state index contributed by atoms with van der Waals surface area (Å²) < 4.78 is 41.0. The van der Waals surface area contributed by atoms with Gasteiger partial charge in [0.25, 0.3) is 0 Å². The minimum Gasteiger partial charge on any atom is -0.493 e. The van der Waals surface area contributed by atoms with E-state index in [4.69, 9.17) is 33.2 Å². The highest BCUT2D eigenvalue weighted by Crippen LogP contribution is 2.62. The van der Waals surface area contributed by atoms with Crippen molar-refractivity contribution in [3.05, 3.63) is 39.4 Å². The zero-order valence-electron chi connectivity index (χ0n) is 26.1. The molecule has 0 saturated carbocycles. The molecule has 0 amide bonds. The number of thioether (sulfide) groups is 1. The third-order valence-electron chi connectivity index (χ3n) is 9.43. The first-order valence-corrected chi connectivity index (χ1v) is 16.1. The number of hydrogen-bond acceptors (Lipinski definition) is 14. The summed E-state index contributed by atoms with van der Waals surface area (Å²) >= 11 is 1.34. The number of cyclic esters (lactones) is 1. The molecule has 13 nitrogen and oxygen atoms in total. The molecule has 0 spiro atoms. The Labute approximate surface area is 269 Å². The molecule has 5 aliphatic rings. The van der Waals surface area contributed by atoms with Crippen molar-refractivity contribution in [2.24, 2.45) is 0 Å². The van der Waals surface area contributed by atoms with E-state index in [1.54, 1.807) is 14.2 Å². The summed E-state index contributed by atoms with van der Waals surface area (Å²) in [6, 6.07) is 2.09. The van der Waals surface area contributed by atoms with Crippen LogP contribution in [0.5, 0.6) is 28.7 Å². The number of rotatable bonds is 5. The van der Waals surface area contributed by atoms with Crippen LogP contribution in [0.15, 0.2) is 6.07 Å². The smallest absolute Gasteiger partial charge is 0.335 e. The molecule has 7 atom stereocenters. The summed E-state index contributed by atoms with van der Waals surface area (Å²) in [6.45, 7) is 4.87. The molecule has 4 bridgehead atoms. The van der Waals surface area contributed by atoms with E-state index in [-0.39, 0.29) is 32.0 Å². The van der Waals surface area contributed by atoms with Crippen LogP contribution in [0.2, 0.25) is 0 Å². The highest BCUT2D eigenvalue weighted by Gasteiger charge is 2.59. The lowest BCUT2D eigenvalue weighted by Gasteiger charge is -2.59. The summed E-state index contributed by atoms with van der Waals surface area (Å²) in [4.78, 5) is 27.6. The summed E-state index contributed by atoms with van der Waals surface area (Å²) in [6.07, 6.45) is -0.853. The standard InChI is InChI=1S/C32H35N3O10S/c1-13-6-16-7-17-18(8-33)35-19-9-41-32(38)20(37)10-46-31(25(35)24(34-17)21(16)29(26(13)40-5)42-11-39-4)23-22(19)30-28(43-12-44-30)14(2)27(23)45-15(3)36/h6,17-20,24-25,31,34,37H,7,9-12H2,1-5H3/t17-,18-,19-,20+,24+,25?,31+/m0/s1. The highest BCUT2D eigenvalue weighted by atomic mass is 32.2. The highest BCUT2D eigenvalue weighted by molar-refractivity contribution is 7.99. The molecule has 2 fully saturated rings. The van der Waals surface area contributed by atoms with Crippen LogP contribution in [0.3, 0.4) is 0 Å². The first-order chi connectivity index (χ1) is 22.2. The molecule has 14 heteroatoms. The van der Waals surface area contributed by atoms with Gasteiger partial charge in [0.1, 0.15) is 18.4 Å². The molecular weight excluding hydrogens is 618 g/mol. The van der Waals surface area contributed by atoms with Crippen molar-refractivity contribution in [3.63, 3.8) is 0 Å². The number of ether oxygens (including phenoxy) is 7. The largest absolute Gasteiger partial charge is 0.493 e. The quantitative estimate of drug-likeness (QED) is 0.276. The number of aliphatic hydroxyl groups excluding tert-OH is 1. The molecule has 46 heavy (non-hydrogen) atoms. The van der Waals surface area contributed by atoms with Crippen molar-refractivity contribution in [1.29, 1.82) is 5.26 Å². The van der Waals surface area contributed by atoms with Gasteiger partial charge < -0.3 is 43.6 Å². The second-order valence-electron chi connectivity index (χ2n) is 12.0. The fraction of sp³-hybridized carbons (Fsp3) is 0.531. The summed E-state index contributed by atoms with van der Waals surface area (Å²) in [5, 5.41) is 24.8. The lowest BCUT2D eigenvalue weighted by molar-refractivity contribution is -0.156. The van der Waals surface area contributed by atoms with Crippen molar-refractivity contribution in [2.75, 3.05) is 40.2 Å². The number of aryl methyl sites for hydroxylation is 1. The number of nitriles is 1. The van der Waals surface area contributed by atoms with Gasteiger partial charge in [-0.05, 0) is 31.4 Å². The number of nitrogens with one attached hydrogen (secondary N) is 1. The predicted molar refractivity (Wildman–Crippen MR) is 162 cm³/mol. The van der Waals surface area contributed by atoms with Crippen molar-refractivity contribution < 1.29 is 47.9 Å². The van der Waals surface area contributed by atoms with E-state index < -0.39 is 47.5 Å². The molecule has 0 aliphatic carbocycles. The van der Waals surface area contributed by atoms with Crippen molar-refractivity contribution in [2.45, 2.75) is 68.8 Å². The number of benzene rings is 2. The van der Waals surface area contributed by atoms with Gasteiger partial charge in [-0.3, -0.25) is 9.69 Å². The average Bonchev–Trinajstić information content (AvgIpc) is 3.53. The normalized spacial score (nSPS) is 29.1. The average molecular weight is 654 g/mol. The van der Waals surface area contributed by atoms with E-state index in [9.17, 15) is 20.0 Å². The maximum absolute atomic E-state index is 12.9. The molecule has 7 rings (SSSR count). The molecule has 2 aromatic rings.